The topological polar surface area (TPSA) is 35.2 Å². The molecule has 0 bridgehead atoms. The summed E-state index contributed by atoms with van der Waals surface area (Å²) in [4.78, 5) is 0. The van der Waals surface area contributed by atoms with E-state index in [9.17, 15) is 4.39 Å². The molecule has 4 heteroatoms. The zero-order valence-corrected chi connectivity index (χ0v) is 7.36. The second-order valence-corrected chi connectivity index (χ2v) is 2.64. The van der Waals surface area contributed by atoms with Gasteiger partial charge in [-0.25, -0.2) is 4.39 Å². The van der Waals surface area contributed by atoms with Gasteiger partial charge in [-0.1, -0.05) is 17.7 Å². The largest absolute Gasteiger partial charge is 0.495 e. The van der Waals surface area contributed by atoms with Crippen LogP contribution < -0.4 is 10.5 Å². The fourth-order valence-corrected chi connectivity index (χ4v) is 1.21. The van der Waals surface area contributed by atoms with E-state index in [1.807, 2.05) is 0 Å². The summed E-state index contributed by atoms with van der Waals surface area (Å²) in [5.74, 6) is -0.176. The number of nitrogens with two attached hydrogens (primary N) is 1. The number of halogens is 2. The predicted octanol–water partition coefficient (Wildman–Crippen LogP) is 1.95. The van der Waals surface area contributed by atoms with Crippen LogP contribution in [0.3, 0.4) is 0 Å². The van der Waals surface area contributed by atoms with Gasteiger partial charge < -0.3 is 10.5 Å². The zero-order chi connectivity index (χ0) is 9.14. The lowest BCUT2D eigenvalue weighted by atomic mass is 10.2. The van der Waals surface area contributed by atoms with Crippen molar-refractivity contribution >= 4 is 11.6 Å². The molecule has 0 radical (unpaired) electrons. The van der Waals surface area contributed by atoms with Gasteiger partial charge in [-0.15, -0.1) is 0 Å². The van der Waals surface area contributed by atoms with Gasteiger partial charge in [0, 0.05) is 12.1 Å². The molecule has 0 unspecified atom stereocenters. The molecule has 66 valence electrons. The highest BCUT2D eigenvalue weighted by molar-refractivity contribution is 6.32. The fraction of sp³-hybridized carbons (Fsp3) is 0.250. The van der Waals surface area contributed by atoms with Crippen LogP contribution in [-0.4, -0.2) is 7.11 Å². The summed E-state index contributed by atoms with van der Waals surface area (Å²) in [7, 11) is 1.43. The van der Waals surface area contributed by atoms with Crippen molar-refractivity contribution in [2.45, 2.75) is 6.54 Å². The highest BCUT2D eigenvalue weighted by Gasteiger charge is 2.10. The lowest BCUT2D eigenvalue weighted by Gasteiger charge is -2.08. The molecule has 0 aliphatic heterocycles. The van der Waals surface area contributed by atoms with Gasteiger partial charge in [-0.2, -0.15) is 0 Å². The Balaban J connectivity index is 3.25. The standard InChI is InChI=1S/C8H9ClFNO/c1-12-8-5(4-11)2-3-6(10)7(8)9/h2-3H,4,11H2,1H3. The maximum Gasteiger partial charge on any atom is 0.145 e. The van der Waals surface area contributed by atoms with Crippen molar-refractivity contribution in [2.24, 2.45) is 5.73 Å². The van der Waals surface area contributed by atoms with Crippen molar-refractivity contribution in [3.05, 3.63) is 28.5 Å². The van der Waals surface area contributed by atoms with E-state index in [-0.39, 0.29) is 11.6 Å². The number of benzene rings is 1. The second-order valence-electron chi connectivity index (χ2n) is 2.26. The highest BCUT2D eigenvalue weighted by Crippen LogP contribution is 2.30. The molecule has 0 saturated heterocycles. The molecule has 1 rings (SSSR count). The quantitative estimate of drug-likeness (QED) is 0.772. The first kappa shape index (κ1) is 9.29. The molecule has 0 aliphatic rings. The molecule has 0 aliphatic carbocycles. The molecular weight excluding hydrogens is 181 g/mol. The number of hydrogen-bond acceptors (Lipinski definition) is 2. The lowest BCUT2D eigenvalue weighted by Crippen LogP contribution is -2.01. The Morgan fingerprint density at radius 1 is 1.58 bits per heavy atom. The SMILES string of the molecule is COc1c(CN)ccc(F)c1Cl. The van der Waals surface area contributed by atoms with Crippen LogP contribution in [0.5, 0.6) is 5.75 Å². The average molecular weight is 190 g/mol. The molecule has 0 fully saturated rings. The van der Waals surface area contributed by atoms with Gasteiger partial charge in [0.25, 0.3) is 0 Å². The number of rotatable bonds is 2. The van der Waals surface area contributed by atoms with Crippen molar-refractivity contribution < 1.29 is 9.13 Å². The molecule has 1 aromatic carbocycles. The number of hydrogen-bond donors (Lipinski definition) is 1. The van der Waals surface area contributed by atoms with Crippen molar-refractivity contribution in [1.29, 1.82) is 0 Å². The van der Waals surface area contributed by atoms with Crippen molar-refractivity contribution in [3.8, 4) is 5.75 Å². The predicted molar refractivity (Wildman–Crippen MR) is 45.9 cm³/mol. The maximum atomic E-state index is 12.8. The van der Waals surface area contributed by atoms with Crippen LogP contribution in [0.1, 0.15) is 5.56 Å². The zero-order valence-electron chi connectivity index (χ0n) is 6.60. The summed E-state index contributed by atoms with van der Waals surface area (Å²) in [6.07, 6.45) is 0. The molecule has 0 atom stereocenters. The summed E-state index contributed by atoms with van der Waals surface area (Å²) in [5.41, 5.74) is 6.08. The van der Waals surface area contributed by atoms with Gasteiger partial charge in [0.2, 0.25) is 0 Å². The second kappa shape index (κ2) is 3.74. The molecule has 1 aromatic rings. The van der Waals surface area contributed by atoms with Crippen LogP contribution >= 0.6 is 11.6 Å². The molecule has 0 heterocycles. The maximum absolute atomic E-state index is 12.8. The fourth-order valence-electron chi connectivity index (χ4n) is 0.953. The van der Waals surface area contributed by atoms with E-state index in [1.54, 1.807) is 6.07 Å². The highest BCUT2D eigenvalue weighted by atomic mass is 35.5. The van der Waals surface area contributed by atoms with Crippen LogP contribution in [-0.2, 0) is 6.54 Å². The molecular formula is C8H9ClFNO. The van der Waals surface area contributed by atoms with E-state index in [4.69, 9.17) is 22.1 Å². The Kier molecular flexibility index (Phi) is 2.89. The van der Waals surface area contributed by atoms with E-state index in [2.05, 4.69) is 0 Å². The Morgan fingerprint density at radius 3 is 2.75 bits per heavy atom. The van der Waals surface area contributed by atoms with E-state index < -0.39 is 5.82 Å². The van der Waals surface area contributed by atoms with Crippen LogP contribution in [0.4, 0.5) is 4.39 Å². The third-order valence-corrected chi connectivity index (χ3v) is 1.91. The number of methoxy groups -OCH3 is 1. The third kappa shape index (κ3) is 1.52. The van der Waals surface area contributed by atoms with E-state index >= 15 is 0 Å². The average Bonchev–Trinajstić information content (AvgIpc) is 2.09. The van der Waals surface area contributed by atoms with Crippen molar-refractivity contribution in [2.75, 3.05) is 7.11 Å². The minimum absolute atomic E-state index is 0.0135. The monoisotopic (exact) mass is 189 g/mol. The summed E-state index contributed by atoms with van der Waals surface area (Å²) in [6, 6.07) is 2.83. The molecule has 0 amide bonds. The summed E-state index contributed by atoms with van der Waals surface area (Å²) < 4.78 is 17.7. The smallest absolute Gasteiger partial charge is 0.145 e. The van der Waals surface area contributed by atoms with Gasteiger partial charge in [0.1, 0.15) is 16.6 Å². The van der Waals surface area contributed by atoms with E-state index in [0.717, 1.165) is 0 Å². The molecule has 0 aromatic heterocycles. The minimum Gasteiger partial charge on any atom is -0.495 e. The molecule has 0 saturated carbocycles. The van der Waals surface area contributed by atoms with Crippen LogP contribution in [0, 0.1) is 5.82 Å². The molecule has 2 nitrogen and oxygen atoms in total. The Bertz CT molecular complexity index is 291. The third-order valence-electron chi connectivity index (χ3n) is 1.56. The van der Waals surface area contributed by atoms with Crippen LogP contribution in [0.2, 0.25) is 5.02 Å². The van der Waals surface area contributed by atoms with Crippen molar-refractivity contribution in [1.82, 2.24) is 0 Å². The normalized spacial score (nSPS) is 10.0. The Labute approximate surface area is 75.1 Å². The van der Waals surface area contributed by atoms with Gasteiger partial charge in [-0.3, -0.25) is 0 Å². The number of ether oxygens (including phenoxy) is 1. The first-order valence-corrected chi connectivity index (χ1v) is 3.79. The first-order valence-electron chi connectivity index (χ1n) is 3.41. The molecule has 0 spiro atoms. The van der Waals surface area contributed by atoms with E-state index in [1.165, 1.54) is 13.2 Å². The first-order chi connectivity index (χ1) is 5.70. The molecule has 12 heavy (non-hydrogen) atoms. The molecule has 2 N–H and O–H groups in total. The van der Waals surface area contributed by atoms with Crippen LogP contribution in [0.15, 0.2) is 12.1 Å². The summed E-state index contributed by atoms with van der Waals surface area (Å²) in [6.45, 7) is 0.281. The minimum atomic E-state index is -0.495. The van der Waals surface area contributed by atoms with Crippen LogP contribution in [0.25, 0.3) is 0 Å². The Morgan fingerprint density at radius 2 is 2.25 bits per heavy atom. The summed E-state index contributed by atoms with van der Waals surface area (Å²) >= 11 is 5.62. The van der Waals surface area contributed by atoms with Gasteiger partial charge in [-0.05, 0) is 6.07 Å². The van der Waals surface area contributed by atoms with Gasteiger partial charge >= 0.3 is 0 Å². The van der Waals surface area contributed by atoms with Gasteiger partial charge in [0.05, 0.1) is 7.11 Å². The lowest BCUT2D eigenvalue weighted by molar-refractivity contribution is 0.406. The summed E-state index contributed by atoms with van der Waals surface area (Å²) in [5, 5.41) is -0.0135. The van der Waals surface area contributed by atoms with Crippen molar-refractivity contribution in [3.63, 3.8) is 0 Å². The van der Waals surface area contributed by atoms with Gasteiger partial charge in [0.15, 0.2) is 0 Å². The Hall–Kier alpha value is -0.800. The van der Waals surface area contributed by atoms with E-state index in [0.29, 0.717) is 11.3 Å².